The Hall–Kier alpha value is -0.350. The summed E-state index contributed by atoms with van der Waals surface area (Å²) >= 11 is 0. The summed E-state index contributed by atoms with van der Waals surface area (Å²) in [7, 11) is 0. The van der Waals surface area contributed by atoms with Gasteiger partial charge in [0, 0.05) is 0 Å². The van der Waals surface area contributed by atoms with Crippen LogP contribution in [0.2, 0.25) is 0 Å². The minimum atomic E-state index is -3.24. The van der Waals surface area contributed by atoms with Crippen LogP contribution < -0.4 is 0 Å². The fraction of sp³-hybridized carbons (Fsp3) is 1.00. The van der Waals surface area contributed by atoms with Crippen molar-refractivity contribution in [3.63, 3.8) is 0 Å². The average Bonchev–Trinajstić information content (AvgIpc) is 2.21. The Morgan fingerprint density at radius 3 is 1.80 bits per heavy atom. The Morgan fingerprint density at radius 2 is 1.27 bits per heavy atom. The van der Waals surface area contributed by atoms with Crippen LogP contribution in [0.3, 0.4) is 0 Å². The molecule has 0 bridgehead atoms. The molecule has 0 spiro atoms. The Balaban J connectivity index is 3.34. The van der Waals surface area contributed by atoms with Crippen molar-refractivity contribution < 1.29 is 22.0 Å². The Bertz CT molecular complexity index is 140. The van der Waals surface area contributed by atoms with Crippen LogP contribution in [0.15, 0.2) is 0 Å². The molecule has 0 fully saturated rings. The number of unbranched alkanes of at least 4 members (excludes halogenated alkanes) is 4. The molecule has 0 aromatic carbocycles. The zero-order chi connectivity index (χ0) is 11.7. The number of halogens is 5. The third kappa shape index (κ3) is 7.56. The topological polar surface area (TPSA) is 0 Å². The lowest BCUT2D eigenvalue weighted by Gasteiger charge is -2.12. The average molecular weight is 232 g/mol. The summed E-state index contributed by atoms with van der Waals surface area (Å²) in [6.45, 7) is -0.371. The number of hydrogen-bond acceptors (Lipinski definition) is 0. The fourth-order valence-electron chi connectivity index (χ4n) is 1.28. The van der Waals surface area contributed by atoms with Crippen molar-refractivity contribution in [1.29, 1.82) is 0 Å². The van der Waals surface area contributed by atoms with E-state index in [1.807, 2.05) is 0 Å². The van der Waals surface area contributed by atoms with Crippen molar-refractivity contribution in [1.82, 2.24) is 0 Å². The monoisotopic (exact) mass is 232 g/mol. The lowest BCUT2D eigenvalue weighted by atomic mass is 10.1. The molecule has 0 radical (unpaired) electrons. The van der Waals surface area contributed by atoms with Crippen LogP contribution >= 0.6 is 0 Å². The maximum absolute atomic E-state index is 12.7. The highest BCUT2D eigenvalue weighted by molar-refractivity contribution is 4.70. The maximum Gasteiger partial charge on any atom is 0.272 e. The molecular weight excluding hydrogens is 215 g/mol. The zero-order valence-corrected chi connectivity index (χ0v) is 8.57. The molecule has 0 N–H and O–H groups in total. The first-order valence-electron chi connectivity index (χ1n) is 5.22. The van der Waals surface area contributed by atoms with Crippen LogP contribution in [0.4, 0.5) is 22.0 Å². The van der Waals surface area contributed by atoms with Crippen LogP contribution in [0.1, 0.15) is 38.5 Å². The minimum Gasteiger partial charge on any atom is -0.251 e. The standard InChI is InChI=1S/C10H17F5/c11-7-5-3-1-2-4-6-8(12)9(13)10(14)15/h8-10H,1-7H2. The predicted molar refractivity (Wildman–Crippen MR) is 49.5 cm³/mol. The first kappa shape index (κ1) is 14.6. The summed E-state index contributed by atoms with van der Waals surface area (Å²) in [5.74, 6) is 0. The molecule has 15 heavy (non-hydrogen) atoms. The smallest absolute Gasteiger partial charge is 0.251 e. The SMILES string of the molecule is FCCCCCCCC(F)C(F)C(F)F. The van der Waals surface area contributed by atoms with Gasteiger partial charge in [0.15, 0.2) is 6.17 Å². The highest BCUT2D eigenvalue weighted by Gasteiger charge is 2.28. The van der Waals surface area contributed by atoms with Crippen molar-refractivity contribution in [2.45, 2.75) is 57.3 Å². The van der Waals surface area contributed by atoms with E-state index in [1.165, 1.54) is 0 Å². The van der Waals surface area contributed by atoms with Crippen LogP contribution in [-0.2, 0) is 0 Å². The van der Waals surface area contributed by atoms with Gasteiger partial charge in [0.2, 0.25) is 0 Å². The van der Waals surface area contributed by atoms with Crippen molar-refractivity contribution in [2.24, 2.45) is 0 Å². The molecule has 0 aromatic heterocycles. The van der Waals surface area contributed by atoms with Crippen LogP contribution in [0.5, 0.6) is 0 Å². The van der Waals surface area contributed by atoms with Gasteiger partial charge in [-0.3, -0.25) is 4.39 Å². The highest BCUT2D eigenvalue weighted by atomic mass is 19.3. The second kappa shape index (κ2) is 8.92. The Morgan fingerprint density at radius 1 is 0.733 bits per heavy atom. The second-order valence-corrected chi connectivity index (χ2v) is 3.54. The first-order chi connectivity index (χ1) is 7.09. The molecule has 0 saturated heterocycles. The minimum absolute atomic E-state index is 0.179. The van der Waals surface area contributed by atoms with Crippen molar-refractivity contribution in [3.8, 4) is 0 Å². The molecule has 0 saturated carbocycles. The molecule has 0 heterocycles. The van der Waals surface area contributed by atoms with E-state index >= 15 is 0 Å². The third-order valence-corrected chi connectivity index (χ3v) is 2.20. The lowest BCUT2D eigenvalue weighted by molar-refractivity contribution is 0.000485. The van der Waals surface area contributed by atoms with Gasteiger partial charge in [0.05, 0.1) is 6.67 Å². The number of alkyl halides is 5. The van der Waals surface area contributed by atoms with Crippen LogP contribution in [-0.4, -0.2) is 25.4 Å². The van der Waals surface area contributed by atoms with Crippen LogP contribution in [0.25, 0.3) is 0 Å². The third-order valence-electron chi connectivity index (χ3n) is 2.20. The van der Waals surface area contributed by atoms with Crippen molar-refractivity contribution in [3.05, 3.63) is 0 Å². The van der Waals surface area contributed by atoms with Gasteiger partial charge < -0.3 is 0 Å². The van der Waals surface area contributed by atoms with E-state index in [0.717, 1.165) is 6.42 Å². The number of rotatable bonds is 9. The molecule has 0 aliphatic rings. The van der Waals surface area contributed by atoms with E-state index in [4.69, 9.17) is 0 Å². The van der Waals surface area contributed by atoms with E-state index in [9.17, 15) is 22.0 Å². The van der Waals surface area contributed by atoms with Gasteiger partial charge in [-0.2, -0.15) is 0 Å². The molecule has 0 aliphatic carbocycles. The molecular formula is C10H17F5. The van der Waals surface area contributed by atoms with Gasteiger partial charge in [0.25, 0.3) is 6.43 Å². The van der Waals surface area contributed by atoms with E-state index in [2.05, 4.69) is 0 Å². The van der Waals surface area contributed by atoms with Gasteiger partial charge in [-0.25, -0.2) is 17.6 Å². The predicted octanol–water partition coefficient (Wildman–Crippen LogP) is 4.24. The lowest BCUT2D eigenvalue weighted by Crippen LogP contribution is -2.24. The highest BCUT2D eigenvalue weighted by Crippen LogP contribution is 2.18. The van der Waals surface area contributed by atoms with E-state index in [-0.39, 0.29) is 13.1 Å². The Labute approximate surface area is 86.9 Å². The Kier molecular flexibility index (Phi) is 8.71. The molecule has 92 valence electrons. The largest absolute Gasteiger partial charge is 0.272 e. The van der Waals surface area contributed by atoms with Crippen LogP contribution in [0, 0.1) is 0 Å². The fourth-order valence-corrected chi connectivity index (χ4v) is 1.28. The summed E-state index contributed by atoms with van der Waals surface area (Å²) in [6, 6.07) is 0. The van der Waals surface area contributed by atoms with E-state index < -0.39 is 18.8 Å². The number of hydrogen-bond donors (Lipinski definition) is 0. The van der Waals surface area contributed by atoms with Gasteiger partial charge in [0.1, 0.15) is 6.17 Å². The van der Waals surface area contributed by atoms with Gasteiger partial charge in [-0.1, -0.05) is 25.7 Å². The normalized spacial score (nSPS) is 15.6. The van der Waals surface area contributed by atoms with Crippen molar-refractivity contribution in [2.75, 3.05) is 6.67 Å². The quantitative estimate of drug-likeness (QED) is 0.412. The molecule has 2 unspecified atom stereocenters. The second-order valence-electron chi connectivity index (χ2n) is 3.54. The maximum atomic E-state index is 12.7. The summed E-state index contributed by atoms with van der Waals surface area (Å²) in [5, 5.41) is 0. The van der Waals surface area contributed by atoms with Crippen molar-refractivity contribution >= 4 is 0 Å². The van der Waals surface area contributed by atoms with E-state index in [0.29, 0.717) is 25.7 Å². The molecule has 5 heteroatoms. The van der Waals surface area contributed by atoms with Gasteiger partial charge >= 0.3 is 0 Å². The zero-order valence-electron chi connectivity index (χ0n) is 8.57. The summed E-state index contributed by atoms with van der Waals surface area (Å²) < 4.78 is 60.1. The molecule has 0 aromatic rings. The molecule has 0 rings (SSSR count). The molecule has 0 nitrogen and oxygen atoms in total. The summed E-state index contributed by atoms with van der Waals surface area (Å²) in [4.78, 5) is 0. The first-order valence-corrected chi connectivity index (χ1v) is 5.22. The molecule has 0 aliphatic heterocycles. The van der Waals surface area contributed by atoms with E-state index in [1.54, 1.807) is 0 Å². The molecule has 0 amide bonds. The summed E-state index contributed by atoms with van der Waals surface area (Å²) in [5.41, 5.74) is 0. The summed E-state index contributed by atoms with van der Waals surface area (Å²) in [6.07, 6.45) is -5.24. The van der Waals surface area contributed by atoms with Gasteiger partial charge in [-0.15, -0.1) is 0 Å². The molecule has 2 atom stereocenters. The van der Waals surface area contributed by atoms with Gasteiger partial charge in [-0.05, 0) is 12.8 Å².